The molecule has 4 nitrogen and oxygen atoms in total. The molecule has 0 atom stereocenters. The number of benzene rings is 2. The SMILES string of the molecule is Cc1nc(Nc2cccc(F)c2)cc(N2CCc3ccccc32)n1. The lowest BCUT2D eigenvalue weighted by molar-refractivity contribution is 0.628. The van der Waals surface area contributed by atoms with Crippen molar-refractivity contribution in [3.8, 4) is 0 Å². The smallest absolute Gasteiger partial charge is 0.138 e. The van der Waals surface area contributed by atoms with Crippen LogP contribution in [0.2, 0.25) is 0 Å². The highest BCUT2D eigenvalue weighted by atomic mass is 19.1. The Morgan fingerprint density at radius 3 is 2.79 bits per heavy atom. The first-order valence-electron chi connectivity index (χ1n) is 7.93. The molecule has 0 amide bonds. The zero-order chi connectivity index (χ0) is 16.5. The van der Waals surface area contributed by atoms with Crippen molar-refractivity contribution in [1.29, 1.82) is 0 Å². The van der Waals surface area contributed by atoms with E-state index >= 15 is 0 Å². The maximum absolute atomic E-state index is 13.4. The number of aromatic nitrogens is 2. The van der Waals surface area contributed by atoms with Gasteiger partial charge in [-0.3, -0.25) is 0 Å². The summed E-state index contributed by atoms with van der Waals surface area (Å²) in [6.45, 7) is 2.76. The number of aryl methyl sites for hydroxylation is 1. The first kappa shape index (κ1) is 14.6. The van der Waals surface area contributed by atoms with Crippen molar-refractivity contribution >= 4 is 23.0 Å². The average molecular weight is 320 g/mol. The van der Waals surface area contributed by atoms with E-state index < -0.39 is 0 Å². The monoisotopic (exact) mass is 320 g/mol. The normalized spacial score (nSPS) is 13.0. The Balaban J connectivity index is 1.67. The molecule has 0 saturated heterocycles. The topological polar surface area (TPSA) is 41.1 Å². The first-order valence-corrected chi connectivity index (χ1v) is 7.93. The van der Waals surface area contributed by atoms with Crippen molar-refractivity contribution in [3.05, 3.63) is 71.8 Å². The molecule has 0 unspecified atom stereocenters. The lowest BCUT2D eigenvalue weighted by Crippen LogP contribution is -2.16. The van der Waals surface area contributed by atoms with Gasteiger partial charge in [-0.2, -0.15) is 0 Å². The van der Waals surface area contributed by atoms with Gasteiger partial charge < -0.3 is 10.2 Å². The second-order valence-electron chi connectivity index (χ2n) is 5.82. The molecule has 1 aliphatic heterocycles. The van der Waals surface area contributed by atoms with Crippen LogP contribution >= 0.6 is 0 Å². The molecule has 2 aromatic carbocycles. The molecule has 120 valence electrons. The fourth-order valence-corrected chi connectivity index (χ4v) is 3.04. The van der Waals surface area contributed by atoms with Gasteiger partial charge in [0.1, 0.15) is 23.3 Å². The highest BCUT2D eigenvalue weighted by Gasteiger charge is 2.21. The van der Waals surface area contributed by atoms with Crippen molar-refractivity contribution in [2.75, 3.05) is 16.8 Å². The summed E-state index contributed by atoms with van der Waals surface area (Å²) in [6, 6.07) is 16.6. The second-order valence-corrected chi connectivity index (χ2v) is 5.82. The van der Waals surface area contributed by atoms with Crippen LogP contribution in [0.4, 0.5) is 27.4 Å². The summed E-state index contributed by atoms with van der Waals surface area (Å²) in [6.07, 6.45) is 1.01. The number of rotatable bonds is 3. The van der Waals surface area contributed by atoms with Gasteiger partial charge in [-0.05, 0) is 43.2 Å². The number of halogens is 1. The van der Waals surface area contributed by atoms with Crippen molar-refractivity contribution in [3.63, 3.8) is 0 Å². The van der Waals surface area contributed by atoms with Crippen LogP contribution in [0.1, 0.15) is 11.4 Å². The number of anilines is 4. The van der Waals surface area contributed by atoms with E-state index in [0.717, 1.165) is 18.8 Å². The van der Waals surface area contributed by atoms with E-state index in [0.29, 0.717) is 17.3 Å². The van der Waals surface area contributed by atoms with E-state index in [2.05, 4.69) is 38.4 Å². The maximum atomic E-state index is 13.4. The molecular weight excluding hydrogens is 303 g/mol. The Morgan fingerprint density at radius 2 is 1.92 bits per heavy atom. The molecule has 0 radical (unpaired) electrons. The van der Waals surface area contributed by atoms with Gasteiger partial charge in [-0.1, -0.05) is 24.3 Å². The number of hydrogen-bond donors (Lipinski definition) is 1. The quantitative estimate of drug-likeness (QED) is 0.778. The molecule has 0 saturated carbocycles. The van der Waals surface area contributed by atoms with Gasteiger partial charge in [0.05, 0.1) is 0 Å². The zero-order valence-corrected chi connectivity index (χ0v) is 13.3. The van der Waals surface area contributed by atoms with Crippen molar-refractivity contribution in [1.82, 2.24) is 9.97 Å². The third kappa shape index (κ3) is 2.80. The molecule has 1 aromatic heterocycles. The summed E-state index contributed by atoms with van der Waals surface area (Å²) in [5.74, 6) is 1.91. The minimum absolute atomic E-state index is 0.278. The Kier molecular flexibility index (Phi) is 3.61. The Morgan fingerprint density at radius 1 is 1.04 bits per heavy atom. The fraction of sp³-hybridized carbons (Fsp3) is 0.158. The fourth-order valence-electron chi connectivity index (χ4n) is 3.04. The van der Waals surface area contributed by atoms with Gasteiger partial charge in [0, 0.05) is 24.0 Å². The molecule has 2 heterocycles. The molecule has 0 bridgehead atoms. The van der Waals surface area contributed by atoms with Gasteiger partial charge in [0.15, 0.2) is 0 Å². The third-order valence-corrected chi connectivity index (χ3v) is 4.09. The molecule has 1 aliphatic rings. The Hall–Kier alpha value is -2.95. The van der Waals surface area contributed by atoms with Crippen LogP contribution in [-0.2, 0) is 6.42 Å². The first-order chi connectivity index (χ1) is 11.7. The largest absolute Gasteiger partial charge is 0.340 e. The summed E-state index contributed by atoms with van der Waals surface area (Å²) in [7, 11) is 0. The standard InChI is InChI=1S/C19H17FN4/c1-13-21-18(23-16-7-4-6-15(20)11-16)12-19(22-13)24-10-9-14-5-2-3-8-17(14)24/h2-8,11-12H,9-10H2,1H3,(H,21,22,23). The molecule has 24 heavy (non-hydrogen) atoms. The van der Waals surface area contributed by atoms with E-state index in [-0.39, 0.29) is 5.82 Å². The number of hydrogen-bond acceptors (Lipinski definition) is 4. The maximum Gasteiger partial charge on any atom is 0.138 e. The van der Waals surface area contributed by atoms with Crippen LogP contribution in [0.25, 0.3) is 0 Å². The van der Waals surface area contributed by atoms with Crippen LogP contribution in [0.5, 0.6) is 0 Å². The van der Waals surface area contributed by atoms with Gasteiger partial charge in [0.2, 0.25) is 0 Å². The molecular formula is C19H17FN4. The van der Waals surface area contributed by atoms with Crippen LogP contribution in [0.15, 0.2) is 54.6 Å². The van der Waals surface area contributed by atoms with Gasteiger partial charge in [0.25, 0.3) is 0 Å². The van der Waals surface area contributed by atoms with Crippen LogP contribution in [-0.4, -0.2) is 16.5 Å². The van der Waals surface area contributed by atoms with Crippen LogP contribution in [0, 0.1) is 12.7 Å². The molecule has 1 N–H and O–H groups in total. The van der Waals surface area contributed by atoms with E-state index in [1.165, 1.54) is 23.4 Å². The predicted molar refractivity (Wildman–Crippen MR) is 93.6 cm³/mol. The number of nitrogens with one attached hydrogen (secondary N) is 1. The lowest BCUT2D eigenvalue weighted by atomic mass is 10.2. The molecule has 4 rings (SSSR count). The summed E-state index contributed by atoms with van der Waals surface area (Å²) < 4.78 is 13.4. The average Bonchev–Trinajstić information content (AvgIpc) is 2.98. The Bertz CT molecular complexity index is 894. The summed E-state index contributed by atoms with van der Waals surface area (Å²) in [5.41, 5.74) is 3.18. The van der Waals surface area contributed by atoms with Crippen molar-refractivity contribution < 1.29 is 4.39 Å². The van der Waals surface area contributed by atoms with E-state index in [1.807, 2.05) is 25.1 Å². The Labute approximate surface area is 140 Å². The van der Waals surface area contributed by atoms with Gasteiger partial charge in [-0.15, -0.1) is 0 Å². The lowest BCUT2D eigenvalue weighted by Gasteiger charge is -2.19. The number of nitrogens with zero attached hydrogens (tertiary/aromatic N) is 3. The van der Waals surface area contributed by atoms with E-state index in [1.54, 1.807) is 6.07 Å². The van der Waals surface area contributed by atoms with Gasteiger partial charge in [-0.25, -0.2) is 14.4 Å². The minimum Gasteiger partial charge on any atom is -0.340 e. The summed E-state index contributed by atoms with van der Waals surface area (Å²) in [4.78, 5) is 11.2. The predicted octanol–water partition coefficient (Wildman–Crippen LogP) is 4.36. The molecule has 0 spiro atoms. The molecule has 3 aromatic rings. The zero-order valence-electron chi connectivity index (χ0n) is 13.3. The van der Waals surface area contributed by atoms with Gasteiger partial charge >= 0.3 is 0 Å². The van der Waals surface area contributed by atoms with Crippen LogP contribution in [0.3, 0.4) is 0 Å². The van der Waals surface area contributed by atoms with E-state index in [4.69, 9.17) is 0 Å². The summed E-state index contributed by atoms with van der Waals surface area (Å²) in [5, 5.41) is 3.16. The van der Waals surface area contributed by atoms with E-state index in [9.17, 15) is 4.39 Å². The molecule has 0 aliphatic carbocycles. The highest BCUT2D eigenvalue weighted by Crippen LogP contribution is 2.34. The second kappa shape index (κ2) is 5.92. The number of para-hydroxylation sites is 1. The number of fused-ring (bicyclic) bond motifs is 1. The van der Waals surface area contributed by atoms with Crippen molar-refractivity contribution in [2.45, 2.75) is 13.3 Å². The summed E-state index contributed by atoms with van der Waals surface area (Å²) >= 11 is 0. The molecule has 5 heteroatoms. The molecule has 0 fully saturated rings. The highest BCUT2D eigenvalue weighted by molar-refractivity contribution is 5.70. The minimum atomic E-state index is -0.278. The van der Waals surface area contributed by atoms with Crippen molar-refractivity contribution in [2.24, 2.45) is 0 Å². The van der Waals surface area contributed by atoms with Crippen LogP contribution < -0.4 is 10.2 Å². The third-order valence-electron chi connectivity index (χ3n) is 4.09.